The second-order valence-corrected chi connectivity index (χ2v) is 10.2. The van der Waals surface area contributed by atoms with Crippen molar-refractivity contribution < 1.29 is 14.3 Å². The van der Waals surface area contributed by atoms with Crippen molar-refractivity contribution in [2.75, 3.05) is 5.32 Å². The number of esters is 1. The third-order valence-corrected chi connectivity index (χ3v) is 6.56. The van der Waals surface area contributed by atoms with Crippen molar-refractivity contribution in [3.8, 4) is 0 Å². The number of ether oxygens (including phenoxy) is 1. The number of nitrogens with zero attached hydrogens (tertiary/aromatic N) is 2. The number of aromatic nitrogens is 1. The molecule has 29 heavy (non-hydrogen) atoms. The van der Waals surface area contributed by atoms with Gasteiger partial charge in [-0.05, 0) is 59.3 Å². The molecule has 2 aliphatic rings. The third kappa shape index (κ3) is 5.69. The maximum absolute atomic E-state index is 13.2. The highest BCUT2D eigenvalue weighted by Crippen LogP contribution is 2.38. The lowest BCUT2D eigenvalue weighted by Gasteiger charge is -2.49. The summed E-state index contributed by atoms with van der Waals surface area (Å²) in [6.45, 7) is 5.65. The fourth-order valence-corrected chi connectivity index (χ4v) is 5.01. The Kier molecular flexibility index (Phi) is 6.83. The molecular weight excluding hydrogens is 388 g/mol. The first kappa shape index (κ1) is 22.0. The van der Waals surface area contributed by atoms with Crippen molar-refractivity contribution in [1.29, 1.82) is 0 Å². The summed E-state index contributed by atoms with van der Waals surface area (Å²) >= 11 is 1.40. The summed E-state index contributed by atoms with van der Waals surface area (Å²) in [5, 5.41) is 5.35. The summed E-state index contributed by atoms with van der Waals surface area (Å²) in [4.78, 5) is 31.8. The SMILES string of the molecule is CC(C)(C)OC(=O)C1CCC(N)(N(C(=O)Nc2nccs2)C2CCCCC2)CC1. The number of amides is 2. The minimum Gasteiger partial charge on any atom is -0.460 e. The molecule has 2 fully saturated rings. The third-order valence-electron chi connectivity index (χ3n) is 5.88. The highest BCUT2D eigenvalue weighted by molar-refractivity contribution is 7.13. The highest BCUT2D eigenvalue weighted by Gasteiger charge is 2.45. The van der Waals surface area contributed by atoms with Crippen molar-refractivity contribution in [3.63, 3.8) is 0 Å². The minimum absolute atomic E-state index is 0.131. The first-order valence-corrected chi connectivity index (χ1v) is 11.6. The van der Waals surface area contributed by atoms with Gasteiger partial charge in [-0.2, -0.15) is 0 Å². The topological polar surface area (TPSA) is 97.5 Å². The van der Waals surface area contributed by atoms with Gasteiger partial charge in [0.1, 0.15) is 5.60 Å². The van der Waals surface area contributed by atoms with Crippen LogP contribution in [-0.2, 0) is 9.53 Å². The van der Waals surface area contributed by atoms with Crippen molar-refractivity contribution in [1.82, 2.24) is 9.88 Å². The predicted molar refractivity (Wildman–Crippen MR) is 115 cm³/mol. The Balaban J connectivity index is 1.71. The normalized spacial score (nSPS) is 26.0. The Hall–Kier alpha value is -1.67. The molecule has 2 amide bonds. The van der Waals surface area contributed by atoms with Crippen LogP contribution in [-0.4, -0.2) is 39.2 Å². The summed E-state index contributed by atoms with van der Waals surface area (Å²) in [6.07, 6.45) is 9.52. The second-order valence-electron chi connectivity index (χ2n) is 9.34. The van der Waals surface area contributed by atoms with Crippen LogP contribution in [0.5, 0.6) is 0 Å². The molecule has 162 valence electrons. The number of nitrogens with one attached hydrogen (secondary N) is 1. The quantitative estimate of drug-likeness (QED) is 0.550. The smallest absolute Gasteiger partial charge is 0.325 e. The Morgan fingerprint density at radius 2 is 1.86 bits per heavy atom. The molecule has 1 heterocycles. The van der Waals surface area contributed by atoms with Gasteiger partial charge in [0.25, 0.3) is 0 Å². The largest absolute Gasteiger partial charge is 0.460 e. The van der Waals surface area contributed by atoms with Crippen LogP contribution in [0.2, 0.25) is 0 Å². The standard InChI is InChI=1S/C21H34N4O3S/c1-20(2,3)28-17(26)15-9-11-21(22,12-10-15)25(16-7-5-4-6-8-16)19(27)24-18-23-13-14-29-18/h13-16H,4-12,22H2,1-3H3,(H,23,24,27). The number of rotatable bonds is 4. The summed E-state index contributed by atoms with van der Waals surface area (Å²) in [7, 11) is 0. The van der Waals surface area contributed by atoms with Crippen LogP contribution in [0, 0.1) is 5.92 Å². The van der Waals surface area contributed by atoms with E-state index in [4.69, 9.17) is 10.5 Å². The zero-order valence-electron chi connectivity index (χ0n) is 17.8. The summed E-state index contributed by atoms with van der Waals surface area (Å²) < 4.78 is 5.56. The van der Waals surface area contributed by atoms with Crippen molar-refractivity contribution >= 4 is 28.5 Å². The van der Waals surface area contributed by atoms with Gasteiger partial charge in [0, 0.05) is 17.6 Å². The maximum Gasteiger partial charge on any atom is 0.325 e. The number of hydrogen-bond donors (Lipinski definition) is 2. The van der Waals surface area contributed by atoms with Crippen molar-refractivity contribution in [3.05, 3.63) is 11.6 Å². The fraction of sp³-hybridized carbons (Fsp3) is 0.762. The van der Waals surface area contributed by atoms with Crippen LogP contribution < -0.4 is 11.1 Å². The van der Waals surface area contributed by atoms with Crippen LogP contribution in [0.15, 0.2) is 11.6 Å². The highest BCUT2D eigenvalue weighted by atomic mass is 32.1. The average Bonchev–Trinajstić information content (AvgIpc) is 3.14. The summed E-state index contributed by atoms with van der Waals surface area (Å²) in [5.74, 6) is -0.308. The van der Waals surface area contributed by atoms with Crippen LogP contribution in [0.1, 0.15) is 78.6 Å². The molecular formula is C21H34N4O3S. The maximum atomic E-state index is 13.2. The monoisotopic (exact) mass is 422 g/mol. The molecule has 0 spiro atoms. The van der Waals surface area contributed by atoms with Gasteiger partial charge in [0.2, 0.25) is 0 Å². The molecule has 2 saturated carbocycles. The molecule has 3 rings (SSSR count). The number of anilines is 1. The minimum atomic E-state index is -0.748. The zero-order valence-corrected chi connectivity index (χ0v) is 18.6. The van der Waals surface area contributed by atoms with E-state index >= 15 is 0 Å². The van der Waals surface area contributed by atoms with Crippen LogP contribution in [0.3, 0.4) is 0 Å². The van der Waals surface area contributed by atoms with E-state index in [1.54, 1.807) is 6.20 Å². The molecule has 1 aromatic heterocycles. The average molecular weight is 423 g/mol. The van der Waals surface area contributed by atoms with Gasteiger partial charge in [-0.15, -0.1) is 11.3 Å². The number of hydrogen-bond acceptors (Lipinski definition) is 6. The van der Waals surface area contributed by atoms with Crippen LogP contribution in [0.25, 0.3) is 0 Å². The van der Waals surface area contributed by atoms with E-state index in [2.05, 4.69) is 10.3 Å². The Morgan fingerprint density at radius 3 is 2.41 bits per heavy atom. The van der Waals surface area contributed by atoms with E-state index in [0.29, 0.717) is 30.8 Å². The van der Waals surface area contributed by atoms with Gasteiger partial charge < -0.3 is 15.4 Å². The molecule has 0 aliphatic heterocycles. The lowest BCUT2D eigenvalue weighted by Crippen LogP contribution is -2.64. The molecule has 8 heteroatoms. The molecule has 0 bridgehead atoms. The first-order valence-electron chi connectivity index (χ1n) is 10.7. The van der Waals surface area contributed by atoms with Gasteiger partial charge in [-0.25, -0.2) is 9.78 Å². The van der Waals surface area contributed by atoms with E-state index in [0.717, 1.165) is 25.7 Å². The van der Waals surface area contributed by atoms with Gasteiger partial charge >= 0.3 is 12.0 Å². The van der Waals surface area contributed by atoms with E-state index in [-0.39, 0.29) is 24.0 Å². The molecule has 1 aromatic rings. The van der Waals surface area contributed by atoms with Gasteiger partial charge in [0.05, 0.1) is 11.6 Å². The molecule has 0 aromatic carbocycles. The van der Waals surface area contributed by atoms with Crippen LogP contribution in [0.4, 0.5) is 9.93 Å². The lowest BCUT2D eigenvalue weighted by atomic mass is 9.79. The van der Waals surface area contributed by atoms with E-state index in [9.17, 15) is 9.59 Å². The fourth-order valence-electron chi connectivity index (χ4n) is 4.49. The van der Waals surface area contributed by atoms with Gasteiger partial charge in [-0.3, -0.25) is 10.1 Å². The number of carbonyl (C=O) groups excluding carboxylic acids is 2. The van der Waals surface area contributed by atoms with E-state index in [1.807, 2.05) is 31.1 Å². The molecule has 0 unspecified atom stereocenters. The van der Waals surface area contributed by atoms with E-state index in [1.165, 1.54) is 17.8 Å². The second kappa shape index (κ2) is 9.00. The number of thiazole rings is 1. The predicted octanol–water partition coefficient (Wildman–Crippen LogP) is 4.50. The van der Waals surface area contributed by atoms with Crippen molar-refractivity contribution in [2.24, 2.45) is 11.7 Å². The van der Waals surface area contributed by atoms with Gasteiger partial charge in [0.15, 0.2) is 5.13 Å². The number of urea groups is 1. The Morgan fingerprint density at radius 1 is 1.21 bits per heavy atom. The molecule has 2 aliphatic carbocycles. The number of nitrogens with two attached hydrogens (primary N) is 1. The molecule has 0 saturated heterocycles. The lowest BCUT2D eigenvalue weighted by molar-refractivity contribution is -0.162. The summed E-state index contributed by atoms with van der Waals surface area (Å²) in [6, 6.07) is -0.0446. The van der Waals surface area contributed by atoms with Crippen LogP contribution >= 0.6 is 11.3 Å². The molecule has 0 radical (unpaired) electrons. The molecule has 7 nitrogen and oxygen atoms in total. The molecule has 3 N–H and O–H groups in total. The Labute approximate surface area is 177 Å². The summed E-state index contributed by atoms with van der Waals surface area (Å²) in [5.41, 5.74) is 5.61. The van der Waals surface area contributed by atoms with E-state index < -0.39 is 11.3 Å². The molecule has 0 atom stereocenters. The van der Waals surface area contributed by atoms with Crippen molar-refractivity contribution in [2.45, 2.75) is 95.9 Å². The zero-order chi connectivity index (χ0) is 21.1. The Bertz CT molecular complexity index is 687. The van der Waals surface area contributed by atoms with Gasteiger partial charge in [-0.1, -0.05) is 19.3 Å². The first-order chi connectivity index (χ1) is 13.7. The number of carbonyl (C=O) groups is 2.